The van der Waals surface area contributed by atoms with Crippen LogP contribution in [0.15, 0.2) is 41.4 Å². The van der Waals surface area contributed by atoms with Crippen molar-refractivity contribution in [3.05, 3.63) is 58.4 Å². The highest BCUT2D eigenvalue weighted by molar-refractivity contribution is 6.36. The Morgan fingerprint density at radius 1 is 1.19 bits per heavy atom. The second-order valence-corrected chi connectivity index (χ2v) is 5.80. The maximum atomic E-state index is 13.1. The maximum absolute atomic E-state index is 13.1. The van der Waals surface area contributed by atoms with Crippen LogP contribution in [0.1, 0.15) is 25.0 Å². The molecule has 3 nitrogen and oxygen atoms in total. The third-order valence-corrected chi connectivity index (χ3v) is 3.47. The monoisotopic (exact) mass is 304 g/mol. The van der Waals surface area contributed by atoms with E-state index < -0.39 is 5.72 Å². The summed E-state index contributed by atoms with van der Waals surface area (Å²) >= 11 is 6.30. The first kappa shape index (κ1) is 13.9. The molecule has 5 heteroatoms. The van der Waals surface area contributed by atoms with E-state index in [9.17, 15) is 4.39 Å². The van der Waals surface area contributed by atoms with Gasteiger partial charge in [0, 0.05) is 17.3 Å². The van der Waals surface area contributed by atoms with E-state index in [2.05, 4.69) is 4.99 Å². The summed E-state index contributed by atoms with van der Waals surface area (Å²) in [6.45, 7) is 3.69. The molecule has 0 unspecified atom stereocenters. The average Bonchev–Trinajstić information content (AvgIpc) is 2.36. The Hall–Kier alpha value is -2.07. The average molecular weight is 305 g/mol. The second kappa shape index (κ2) is 4.74. The van der Waals surface area contributed by atoms with Gasteiger partial charge in [-0.25, -0.2) is 9.38 Å². The van der Waals surface area contributed by atoms with E-state index in [4.69, 9.17) is 22.1 Å². The molecule has 21 heavy (non-hydrogen) atoms. The van der Waals surface area contributed by atoms with E-state index in [0.717, 1.165) is 5.56 Å². The lowest BCUT2D eigenvalue weighted by Gasteiger charge is -2.31. The maximum Gasteiger partial charge on any atom is 0.195 e. The number of rotatable bonds is 1. The van der Waals surface area contributed by atoms with Crippen molar-refractivity contribution in [1.29, 1.82) is 0 Å². The molecule has 2 N–H and O–H groups in total. The van der Waals surface area contributed by atoms with Crippen molar-refractivity contribution >= 4 is 23.0 Å². The first-order valence-corrected chi connectivity index (χ1v) is 6.88. The minimum atomic E-state index is -0.742. The molecule has 0 saturated heterocycles. The van der Waals surface area contributed by atoms with Crippen LogP contribution in [0.4, 0.5) is 10.1 Å². The summed E-state index contributed by atoms with van der Waals surface area (Å²) < 4.78 is 19.0. The highest BCUT2D eigenvalue weighted by atomic mass is 35.5. The Kier molecular flexibility index (Phi) is 3.14. The molecule has 108 valence electrons. The van der Waals surface area contributed by atoms with E-state index in [1.807, 2.05) is 13.8 Å². The van der Waals surface area contributed by atoms with Gasteiger partial charge in [-0.1, -0.05) is 11.6 Å². The van der Waals surface area contributed by atoms with Crippen LogP contribution in [-0.2, 0) is 0 Å². The van der Waals surface area contributed by atoms with Gasteiger partial charge >= 0.3 is 0 Å². The Labute approximate surface area is 127 Å². The fourth-order valence-corrected chi connectivity index (χ4v) is 2.65. The van der Waals surface area contributed by atoms with Crippen LogP contribution in [0.3, 0.4) is 0 Å². The van der Waals surface area contributed by atoms with Crippen molar-refractivity contribution in [2.75, 3.05) is 5.73 Å². The van der Waals surface area contributed by atoms with Gasteiger partial charge in [0.25, 0.3) is 0 Å². The molecule has 1 aliphatic heterocycles. The zero-order valence-corrected chi connectivity index (χ0v) is 12.4. The van der Waals surface area contributed by atoms with Crippen molar-refractivity contribution in [2.24, 2.45) is 4.99 Å². The van der Waals surface area contributed by atoms with Gasteiger partial charge in [-0.15, -0.1) is 0 Å². The Balaban J connectivity index is 2.24. The molecule has 2 aromatic carbocycles. The highest BCUT2D eigenvalue weighted by Crippen LogP contribution is 2.38. The first-order chi connectivity index (χ1) is 9.85. The smallest absolute Gasteiger partial charge is 0.195 e. The molecule has 0 bridgehead atoms. The molecule has 2 aromatic rings. The van der Waals surface area contributed by atoms with Crippen LogP contribution in [0.2, 0.25) is 5.02 Å². The van der Waals surface area contributed by atoms with Crippen molar-refractivity contribution in [3.8, 4) is 5.75 Å². The number of hydrogen-bond donors (Lipinski definition) is 1. The number of anilines is 1. The highest BCUT2D eigenvalue weighted by Gasteiger charge is 2.30. The molecule has 1 heterocycles. The van der Waals surface area contributed by atoms with Gasteiger partial charge in [0.15, 0.2) is 5.72 Å². The number of nitrogens with zero attached hydrogens (tertiary/aromatic N) is 1. The summed E-state index contributed by atoms with van der Waals surface area (Å²) in [7, 11) is 0. The van der Waals surface area contributed by atoms with Crippen LogP contribution in [-0.4, -0.2) is 11.4 Å². The third kappa shape index (κ3) is 2.59. The summed E-state index contributed by atoms with van der Waals surface area (Å²) in [6, 6.07) is 9.51. The van der Waals surface area contributed by atoms with Gasteiger partial charge in [0.05, 0.1) is 16.3 Å². The van der Waals surface area contributed by atoms with Crippen molar-refractivity contribution in [2.45, 2.75) is 19.6 Å². The summed E-state index contributed by atoms with van der Waals surface area (Å²) in [5, 5.41) is 0.462. The molecule has 0 spiro atoms. The quantitative estimate of drug-likeness (QED) is 0.809. The van der Waals surface area contributed by atoms with Gasteiger partial charge in [-0.2, -0.15) is 0 Å². The molecule has 0 amide bonds. The largest absolute Gasteiger partial charge is 0.466 e. The molecule has 0 saturated carbocycles. The Morgan fingerprint density at radius 2 is 1.86 bits per heavy atom. The standard InChI is InChI=1S/C16H14ClFN2O/c1-16(2)20-15(9-3-5-10(18)6-4-9)14-12(17)7-11(19)8-13(14)21-16/h3-8H,19H2,1-2H3. The lowest BCUT2D eigenvalue weighted by Crippen LogP contribution is -2.32. The second-order valence-electron chi connectivity index (χ2n) is 5.39. The molecule has 0 aliphatic carbocycles. The summed E-state index contributed by atoms with van der Waals surface area (Å²) in [4.78, 5) is 4.59. The fourth-order valence-electron chi connectivity index (χ4n) is 2.35. The number of fused-ring (bicyclic) bond motifs is 1. The number of nitrogen functional groups attached to an aromatic ring is 1. The fraction of sp³-hybridized carbons (Fsp3) is 0.188. The van der Waals surface area contributed by atoms with E-state index in [1.165, 1.54) is 12.1 Å². The Morgan fingerprint density at radius 3 is 2.52 bits per heavy atom. The van der Waals surface area contributed by atoms with Crippen molar-refractivity contribution in [3.63, 3.8) is 0 Å². The van der Waals surface area contributed by atoms with Crippen LogP contribution in [0, 0.1) is 5.82 Å². The SMILES string of the molecule is CC1(C)N=C(c2ccc(F)cc2)c2c(Cl)cc(N)cc2O1. The number of halogens is 2. The first-order valence-electron chi connectivity index (χ1n) is 6.50. The van der Waals surface area contributed by atoms with Gasteiger partial charge in [-0.05, 0) is 44.2 Å². The molecule has 0 atom stereocenters. The van der Waals surface area contributed by atoms with E-state index >= 15 is 0 Å². The molecule has 0 fully saturated rings. The summed E-state index contributed by atoms with van der Waals surface area (Å²) in [6.07, 6.45) is 0. The summed E-state index contributed by atoms with van der Waals surface area (Å²) in [5.74, 6) is 0.286. The van der Waals surface area contributed by atoms with Gasteiger partial charge < -0.3 is 10.5 Å². The van der Waals surface area contributed by atoms with Crippen LogP contribution >= 0.6 is 11.6 Å². The summed E-state index contributed by atoms with van der Waals surface area (Å²) in [5.41, 5.74) is 7.73. The molecular weight excluding hydrogens is 291 g/mol. The molecule has 1 aliphatic rings. The topological polar surface area (TPSA) is 47.6 Å². The van der Waals surface area contributed by atoms with E-state index in [1.54, 1.807) is 24.3 Å². The number of hydrogen-bond acceptors (Lipinski definition) is 3. The van der Waals surface area contributed by atoms with Gasteiger partial charge in [-0.3, -0.25) is 0 Å². The number of ether oxygens (including phenoxy) is 1. The van der Waals surface area contributed by atoms with E-state index in [-0.39, 0.29) is 5.82 Å². The molecular formula is C16H14ClFN2O. The third-order valence-electron chi connectivity index (χ3n) is 3.17. The Bertz CT molecular complexity index is 739. The minimum absolute atomic E-state index is 0.297. The number of aliphatic imine (C=N–C) groups is 1. The van der Waals surface area contributed by atoms with Crippen molar-refractivity contribution in [1.82, 2.24) is 0 Å². The zero-order chi connectivity index (χ0) is 15.2. The minimum Gasteiger partial charge on any atom is -0.466 e. The van der Waals surface area contributed by atoms with Crippen molar-refractivity contribution < 1.29 is 9.13 Å². The van der Waals surface area contributed by atoms with E-state index in [0.29, 0.717) is 27.7 Å². The lowest BCUT2D eigenvalue weighted by molar-refractivity contribution is 0.115. The predicted octanol–water partition coefficient (Wildman–Crippen LogP) is 4.03. The number of nitrogens with two attached hydrogens (primary N) is 1. The van der Waals surface area contributed by atoms with Gasteiger partial charge in [0.1, 0.15) is 11.6 Å². The normalized spacial score (nSPS) is 15.9. The van der Waals surface area contributed by atoms with Gasteiger partial charge in [0.2, 0.25) is 0 Å². The lowest BCUT2D eigenvalue weighted by atomic mass is 9.98. The molecule has 0 aromatic heterocycles. The zero-order valence-electron chi connectivity index (χ0n) is 11.7. The van der Waals surface area contributed by atoms with Crippen LogP contribution in [0.25, 0.3) is 0 Å². The predicted molar refractivity (Wildman–Crippen MR) is 82.6 cm³/mol. The number of benzene rings is 2. The molecule has 3 rings (SSSR count). The van der Waals surface area contributed by atoms with Crippen LogP contribution in [0.5, 0.6) is 5.75 Å². The molecule has 0 radical (unpaired) electrons. The van der Waals surface area contributed by atoms with Crippen LogP contribution < -0.4 is 10.5 Å².